The molecule has 0 radical (unpaired) electrons. The maximum absolute atomic E-state index is 12.8. The van der Waals surface area contributed by atoms with E-state index >= 15 is 0 Å². The van der Waals surface area contributed by atoms with Gasteiger partial charge in [0.1, 0.15) is 17.4 Å². The molecule has 0 spiro atoms. The standard InChI is InChI=1S/C26H19BrN4O5S/c1-17-2-9-22(10-3-17)37(35,36)30-21-8-13-26(32)24(14-21)25(31(33)34)12-11-23(19(15-28)16-29)18-4-6-20(27)7-5-18/h2-14,28,30,32H,1H3/b23-11-,25-12?. The van der Waals surface area contributed by atoms with Crippen LogP contribution in [0.25, 0.3) is 11.3 Å². The van der Waals surface area contributed by atoms with Crippen LogP contribution in [0.2, 0.25) is 0 Å². The van der Waals surface area contributed by atoms with Crippen molar-refractivity contribution in [1.29, 1.82) is 10.7 Å². The van der Waals surface area contributed by atoms with Crippen LogP contribution in [0.5, 0.6) is 5.75 Å². The Morgan fingerprint density at radius 3 is 2.32 bits per heavy atom. The predicted octanol–water partition coefficient (Wildman–Crippen LogP) is 5.66. The lowest BCUT2D eigenvalue weighted by Gasteiger charge is -2.10. The van der Waals surface area contributed by atoms with E-state index in [-0.39, 0.29) is 27.3 Å². The number of rotatable bonds is 8. The summed E-state index contributed by atoms with van der Waals surface area (Å²) in [6.45, 7) is 1.82. The number of benzene rings is 3. The molecule has 0 atom stereocenters. The molecule has 3 aromatic rings. The summed E-state index contributed by atoms with van der Waals surface area (Å²) in [6, 6.07) is 18.2. The van der Waals surface area contributed by atoms with Gasteiger partial charge in [0.05, 0.1) is 15.4 Å². The summed E-state index contributed by atoms with van der Waals surface area (Å²) in [5.41, 5.74) is 0.589. The number of hydrogen-bond acceptors (Lipinski definition) is 7. The highest BCUT2D eigenvalue weighted by molar-refractivity contribution is 9.10. The molecule has 186 valence electrons. The van der Waals surface area contributed by atoms with E-state index in [1.54, 1.807) is 36.4 Å². The molecule has 0 aliphatic carbocycles. The Morgan fingerprint density at radius 1 is 1.11 bits per heavy atom. The number of nitro groups is 1. The monoisotopic (exact) mass is 578 g/mol. The van der Waals surface area contributed by atoms with Crippen molar-refractivity contribution in [3.63, 3.8) is 0 Å². The third-order valence-corrected chi connectivity index (χ3v) is 7.05. The number of allylic oxidation sites excluding steroid dienone is 4. The van der Waals surface area contributed by atoms with Crippen LogP contribution in [-0.2, 0) is 10.0 Å². The van der Waals surface area contributed by atoms with E-state index in [0.717, 1.165) is 28.2 Å². The number of phenolic OH excluding ortho intramolecular Hbond substituents is 1. The van der Waals surface area contributed by atoms with Crippen molar-refractivity contribution in [1.82, 2.24) is 0 Å². The fraction of sp³-hybridized carbons (Fsp3) is 0.0385. The Hall–Kier alpha value is -4.49. The summed E-state index contributed by atoms with van der Waals surface area (Å²) in [4.78, 5) is 11.2. The van der Waals surface area contributed by atoms with Gasteiger partial charge in [0.15, 0.2) is 0 Å². The number of hydrogen-bond donors (Lipinski definition) is 3. The number of halogens is 1. The summed E-state index contributed by atoms with van der Waals surface area (Å²) in [7, 11) is -3.99. The average molecular weight is 579 g/mol. The molecule has 0 fully saturated rings. The van der Waals surface area contributed by atoms with E-state index in [2.05, 4.69) is 20.7 Å². The zero-order valence-electron chi connectivity index (χ0n) is 19.3. The van der Waals surface area contributed by atoms with Crippen LogP contribution in [0.1, 0.15) is 16.7 Å². The summed E-state index contributed by atoms with van der Waals surface area (Å²) < 4.78 is 28.6. The first kappa shape index (κ1) is 27.1. The average Bonchev–Trinajstić information content (AvgIpc) is 2.86. The van der Waals surface area contributed by atoms with Gasteiger partial charge < -0.3 is 5.11 Å². The normalized spacial score (nSPS) is 11.8. The second-order valence-electron chi connectivity index (χ2n) is 7.66. The first-order valence-electron chi connectivity index (χ1n) is 10.5. The van der Waals surface area contributed by atoms with Crippen LogP contribution in [0, 0.1) is 33.8 Å². The highest BCUT2D eigenvalue weighted by atomic mass is 79.9. The van der Waals surface area contributed by atoms with Crippen molar-refractivity contribution in [3.05, 3.63) is 116 Å². The number of nitriles is 1. The first-order chi connectivity index (χ1) is 17.6. The van der Waals surface area contributed by atoms with Gasteiger partial charge in [0, 0.05) is 21.8 Å². The first-order valence-corrected chi connectivity index (χ1v) is 12.8. The van der Waals surface area contributed by atoms with Gasteiger partial charge in [-0.05, 0) is 66.9 Å². The molecule has 0 bridgehead atoms. The molecule has 0 saturated carbocycles. The third-order valence-electron chi connectivity index (χ3n) is 5.12. The highest BCUT2D eigenvalue weighted by Gasteiger charge is 2.21. The number of aromatic hydroxyl groups is 1. The van der Waals surface area contributed by atoms with Gasteiger partial charge in [-0.25, -0.2) is 8.42 Å². The summed E-state index contributed by atoms with van der Waals surface area (Å²) in [6.07, 6.45) is 2.34. The quantitative estimate of drug-likeness (QED) is 0.0780. The Bertz CT molecular complexity index is 1610. The predicted molar refractivity (Wildman–Crippen MR) is 144 cm³/mol. The summed E-state index contributed by atoms with van der Waals surface area (Å²) in [5.74, 6) is 1.57. The van der Waals surface area contributed by atoms with Gasteiger partial charge in [0.25, 0.3) is 15.7 Å². The Balaban J connectivity index is 2.09. The van der Waals surface area contributed by atoms with E-state index in [4.69, 9.17) is 5.41 Å². The molecule has 3 aromatic carbocycles. The highest BCUT2D eigenvalue weighted by Crippen LogP contribution is 2.31. The number of nitrogens with one attached hydrogen (secondary N) is 2. The van der Waals surface area contributed by atoms with E-state index in [9.17, 15) is 28.9 Å². The van der Waals surface area contributed by atoms with Crippen molar-refractivity contribution in [3.8, 4) is 11.8 Å². The number of aryl methyl sites for hydroxylation is 1. The van der Waals surface area contributed by atoms with Gasteiger partial charge in [-0.15, -0.1) is 0 Å². The molecule has 0 heterocycles. The third kappa shape index (κ3) is 6.59. The fourth-order valence-corrected chi connectivity index (χ4v) is 4.57. The summed E-state index contributed by atoms with van der Waals surface area (Å²) in [5, 5.41) is 39.1. The van der Waals surface area contributed by atoms with Crippen molar-refractivity contribution in [2.24, 2.45) is 0 Å². The molecule has 0 unspecified atom stereocenters. The number of anilines is 1. The van der Waals surface area contributed by atoms with Crippen LogP contribution < -0.4 is 4.72 Å². The van der Waals surface area contributed by atoms with Crippen LogP contribution in [0.3, 0.4) is 0 Å². The molecule has 11 heteroatoms. The van der Waals surface area contributed by atoms with Crippen LogP contribution in [0.4, 0.5) is 5.69 Å². The minimum absolute atomic E-state index is 0.00213. The van der Waals surface area contributed by atoms with E-state index in [1.165, 1.54) is 24.3 Å². The molecule has 0 aromatic heterocycles. The molecular weight excluding hydrogens is 560 g/mol. The van der Waals surface area contributed by atoms with Gasteiger partial charge in [0.2, 0.25) is 0 Å². The van der Waals surface area contributed by atoms with Gasteiger partial charge in [-0.1, -0.05) is 45.8 Å². The Kier molecular flexibility index (Phi) is 8.42. The van der Waals surface area contributed by atoms with Crippen molar-refractivity contribution >= 4 is 48.8 Å². The molecule has 0 amide bonds. The Morgan fingerprint density at radius 2 is 1.76 bits per heavy atom. The zero-order chi connectivity index (χ0) is 27.2. The van der Waals surface area contributed by atoms with Crippen molar-refractivity contribution < 1.29 is 18.4 Å². The molecule has 9 nitrogen and oxygen atoms in total. The second kappa shape index (κ2) is 11.5. The lowest BCUT2D eigenvalue weighted by atomic mass is 9.98. The SMILES string of the molecule is Cc1ccc(S(=O)(=O)Nc2ccc(O)c(C(=C/C=C(\C(=C=N)C#N)c3ccc(Br)cc3)[N+](=O)[O-])c2)cc1. The molecular formula is C26H19BrN4O5S. The van der Waals surface area contributed by atoms with E-state index in [0.29, 0.717) is 5.56 Å². The van der Waals surface area contributed by atoms with Crippen molar-refractivity contribution in [2.45, 2.75) is 11.8 Å². The smallest absolute Gasteiger partial charge is 0.280 e. The number of nitrogens with zero attached hydrogens (tertiary/aromatic N) is 2. The minimum Gasteiger partial charge on any atom is -0.507 e. The lowest BCUT2D eigenvalue weighted by molar-refractivity contribution is -0.375. The molecule has 37 heavy (non-hydrogen) atoms. The number of phenols is 1. The number of sulfonamides is 1. The summed E-state index contributed by atoms with van der Waals surface area (Å²) >= 11 is 3.31. The van der Waals surface area contributed by atoms with Crippen molar-refractivity contribution in [2.75, 3.05) is 4.72 Å². The van der Waals surface area contributed by atoms with Gasteiger partial charge in [-0.3, -0.25) is 20.2 Å². The van der Waals surface area contributed by atoms with E-state index in [1.807, 2.05) is 18.9 Å². The second-order valence-corrected chi connectivity index (χ2v) is 10.3. The molecule has 0 aliphatic heterocycles. The van der Waals surface area contributed by atoms with Crippen LogP contribution in [0.15, 0.2) is 93.8 Å². The molecule has 0 aliphatic rings. The maximum atomic E-state index is 12.8. The van der Waals surface area contributed by atoms with Gasteiger partial charge >= 0.3 is 0 Å². The Labute approximate surface area is 221 Å². The lowest BCUT2D eigenvalue weighted by Crippen LogP contribution is -2.13. The van der Waals surface area contributed by atoms with Gasteiger partial charge in [-0.2, -0.15) is 5.26 Å². The molecule has 0 saturated heterocycles. The topological polar surface area (TPSA) is 157 Å². The fourth-order valence-electron chi connectivity index (χ4n) is 3.26. The molecule has 3 rings (SSSR count). The maximum Gasteiger partial charge on any atom is 0.280 e. The zero-order valence-corrected chi connectivity index (χ0v) is 21.7. The van der Waals surface area contributed by atoms with Crippen LogP contribution in [-0.4, -0.2) is 24.3 Å². The molecule has 3 N–H and O–H groups in total. The largest absolute Gasteiger partial charge is 0.507 e. The van der Waals surface area contributed by atoms with Crippen LogP contribution >= 0.6 is 15.9 Å². The minimum atomic E-state index is -3.99. The van der Waals surface area contributed by atoms with E-state index < -0.39 is 26.4 Å².